The minimum absolute atomic E-state index is 0.0500. The van der Waals surface area contributed by atoms with E-state index in [1.165, 1.54) is 24.4 Å². The minimum Gasteiger partial charge on any atom is -0.294 e. The molecular formula is C21H16FN5O3. The number of benzene rings is 1. The van der Waals surface area contributed by atoms with E-state index in [4.69, 9.17) is 0 Å². The second-order valence-electron chi connectivity index (χ2n) is 7.42. The average Bonchev–Trinajstić information content (AvgIpc) is 3.05. The van der Waals surface area contributed by atoms with Crippen LogP contribution in [0.4, 0.5) is 4.39 Å². The summed E-state index contributed by atoms with van der Waals surface area (Å²) in [7, 11) is 0. The topological polar surface area (TPSA) is 113 Å². The maximum atomic E-state index is 13.3. The number of aryl methyl sites for hydroxylation is 1. The highest BCUT2D eigenvalue weighted by molar-refractivity contribution is 6.02. The van der Waals surface area contributed by atoms with Crippen molar-refractivity contribution in [3.05, 3.63) is 85.4 Å². The van der Waals surface area contributed by atoms with Crippen LogP contribution < -0.4 is 11.1 Å². The van der Waals surface area contributed by atoms with Crippen LogP contribution in [0.1, 0.15) is 39.5 Å². The number of aromatic amines is 2. The van der Waals surface area contributed by atoms with Crippen LogP contribution in [0.15, 0.2) is 46.1 Å². The van der Waals surface area contributed by atoms with E-state index in [1.54, 1.807) is 19.1 Å². The van der Waals surface area contributed by atoms with E-state index in [0.29, 0.717) is 28.9 Å². The van der Waals surface area contributed by atoms with Crippen molar-refractivity contribution in [1.82, 2.24) is 24.7 Å². The molecule has 1 aromatic carbocycles. The van der Waals surface area contributed by atoms with E-state index >= 15 is 0 Å². The Balaban J connectivity index is 1.68. The third-order valence-electron chi connectivity index (χ3n) is 5.41. The predicted molar refractivity (Wildman–Crippen MR) is 107 cm³/mol. The fraction of sp³-hybridized carbons (Fsp3) is 0.190. The summed E-state index contributed by atoms with van der Waals surface area (Å²) in [5, 5.41) is 3.15. The number of H-pyrrole nitrogens is 2. The van der Waals surface area contributed by atoms with Gasteiger partial charge in [0.05, 0.1) is 5.39 Å². The molecule has 4 aromatic rings. The van der Waals surface area contributed by atoms with Gasteiger partial charge in [-0.05, 0) is 42.5 Å². The molecular weight excluding hydrogens is 389 g/mol. The Bertz CT molecular complexity index is 1430. The first kappa shape index (κ1) is 18.2. The van der Waals surface area contributed by atoms with Crippen LogP contribution in [0.5, 0.6) is 0 Å². The molecule has 30 heavy (non-hydrogen) atoms. The lowest BCUT2D eigenvalue weighted by atomic mass is 9.79. The van der Waals surface area contributed by atoms with Crippen LogP contribution >= 0.6 is 0 Å². The number of aromatic nitrogens is 5. The Morgan fingerprint density at radius 3 is 2.63 bits per heavy atom. The number of nitrogens with one attached hydrogen (secondary N) is 2. The summed E-state index contributed by atoms with van der Waals surface area (Å²) in [6.45, 7) is 1.65. The number of fused-ring (bicyclic) bond motifs is 3. The third kappa shape index (κ3) is 2.86. The molecule has 0 bridgehead atoms. The molecule has 1 aliphatic rings. The second-order valence-corrected chi connectivity index (χ2v) is 7.42. The highest BCUT2D eigenvalue weighted by Crippen LogP contribution is 2.34. The van der Waals surface area contributed by atoms with E-state index in [-0.39, 0.29) is 40.8 Å². The largest absolute Gasteiger partial charge is 0.294 e. The van der Waals surface area contributed by atoms with Crippen LogP contribution in [0, 0.1) is 12.7 Å². The average molecular weight is 405 g/mol. The van der Waals surface area contributed by atoms with Gasteiger partial charge in [-0.25, -0.2) is 14.4 Å². The molecule has 9 heteroatoms. The molecule has 0 unspecified atom stereocenters. The molecule has 1 atom stereocenters. The maximum Gasteiger partial charge on any atom is 0.283 e. The molecule has 0 radical (unpaired) electrons. The van der Waals surface area contributed by atoms with Gasteiger partial charge < -0.3 is 0 Å². The van der Waals surface area contributed by atoms with Crippen molar-refractivity contribution in [2.45, 2.75) is 25.7 Å². The van der Waals surface area contributed by atoms with Gasteiger partial charge in [-0.15, -0.1) is 0 Å². The first-order valence-corrected chi connectivity index (χ1v) is 9.40. The third-order valence-corrected chi connectivity index (χ3v) is 5.41. The number of carbonyl (C=O) groups is 1. The van der Waals surface area contributed by atoms with E-state index in [1.807, 2.05) is 0 Å². The summed E-state index contributed by atoms with van der Waals surface area (Å²) in [6.07, 6.45) is 2.17. The Kier molecular flexibility index (Phi) is 3.99. The number of nitrogens with zero attached hydrogens (tertiary/aromatic N) is 3. The van der Waals surface area contributed by atoms with Crippen molar-refractivity contribution in [2.24, 2.45) is 0 Å². The maximum absolute atomic E-state index is 13.3. The van der Waals surface area contributed by atoms with E-state index in [2.05, 4.69) is 20.1 Å². The Hall–Kier alpha value is -3.88. The zero-order valence-corrected chi connectivity index (χ0v) is 15.9. The predicted octanol–water partition coefficient (Wildman–Crippen LogP) is 2.16. The zero-order chi connectivity index (χ0) is 21.0. The van der Waals surface area contributed by atoms with Gasteiger partial charge in [0.25, 0.3) is 11.1 Å². The zero-order valence-electron chi connectivity index (χ0n) is 15.9. The molecule has 5 rings (SSSR count). The Labute approximate surface area is 168 Å². The molecule has 0 aliphatic heterocycles. The lowest BCUT2D eigenvalue weighted by molar-refractivity contribution is 0.0964. The van der Waals surface area contributed by atoms with Crippen molar-refractivity contribution in [2.75, 3.05) is 0 Å². The summed E-state index contributed by atoms with van der Waals surface area (Å²) in [6, 6.07) is 7.37. The highest BCUT2D eigenvalue weighted by atomic mass is 19.1. The Morgan fingerprint density at radius 2 is 1.90 bits per heavy atom. The van der Waals surface area contributed by atoms with E-state index in [0.717, 1.165) is 10.2 Å². The van der Waals surface area contributed by atoms with E-state index < -0.39 is 5.56 Å². The fourth-order valence-electron chi connectivity index (χ4n) is 4.03. The number of rotatable bonds is 2. The number of ketones is 1. The quantitative estimate of drug-likeness (QED) is 0.531. The van der Waals surface area contributed by atoms with Crippen molar-refractivity contribution >= 4 is 16.8 Å². The van der Waals surface area contributed by atoms with Crippen molar-refractivity contribution < 1.29 is 9.18 Å². The van der Waals surface area contributed by atoms with Crippen LogP contribution in [-0.4, -0.2) is 30.5 Å². The lowest BCUT2D eigenvalue weighted by Gasteiger charge is -2.24. The molecule has 0 spiro atoms. The lowest BCUT2D eigenvalue weighted by Crippen LogP contribution is -2.24. The van der Waals surface area contributed by atoms with Crippen LogP contribution in [0.3, 0.4) is 0 Å². The number of hydrogen-bond acceptors (Lipinski definition) is 5. The minimum atomic E-state index is -0.448. The van der Waals surface area contributed by atoms with E-state index in [9.17, 15) is 18.8 Å². The van der Waals surface area contributed by atoms with Gasteiger partial charge >= 0.3 is 0 Å². The molecule has 150 valence electrons. The van der Waals surface area contributed by atoms with Crippen LogP contribution in [0.2, 0.25) is 0 Å². The Morgan fingerprint density at radius 1 is 1.13 bits per heavy atom. The summed E-state index contributed by atoms with van der Waals surface area (Å²) in [4.78, 5) is 48.7. The fourth-order valence-corrected chi connectivity index (χ4v) is 4.03. The number of hydrogen-bond donors (Lipinski definition) is 2. The number of carbonyl (C=O) groups excluding carboxylic acids is 1. The smallest absolute Gasteiger partial charge is 0.283 e. The van der Waals surface area contributed by atoms with Crippen molar-refractivity contribution in [3.8, 4) is 5.95 Å². The van der Waals surface area contributed by atoms with Gasteiger partial charge in [0.2, 0.25) is 5.95 Å². The molecule has 0 saturated carbocycles. The van der Waals surface area contributed by atoms with Gasteiger partial charge in [0.1, 0.15) is 5.82 Å². The monoisotopic (exact) mass is 405 g/mol. The normalized spacial score (nSPS) is 16.1. The first-order chi connectivity index (χ1) is 14.4. The second kappa shape index (κ2) is 6.58. The number of halogens is 1. The summed E-state index contributed by atoms with van der Waals surface area (Å²) in [5.41, 5.74) is 1.77. The molecule has 3 heterocycles. The summed E-state index contributed by atoms with van der Waals surface area (Å²) < 4.78 is 14.4. The SMILES string of the molecule is Cc1cc(=O)[nH]c(-n2[nH]c3ncc4c(c3c2=O)C[C@@H](c2ccc(F)cc2)CC4=O)n1. The van der Waals surface area contributed by atoms with Gasteiger partial charge in [-0.3, -0.25) is 24.5 Å². The van der Waals surface area contributed by atoms with Crippen molar-refractivity contribution in [1.29, 1.82) is 0 Å². The van der Waals surface area contributed by atoms with Gasteiger partial charge in [0, 0.05) is 29.9 Å². The molecule has 0 amide bonds. The molecule has 1 aliphatic carbocycles. The first-order valence-electron chi connectivity index (χ1n) is 9.40. The number of pyridine rings is 1. The van der Waals surface area contributed by atoms with Gasteiger partial charge in [0.15, 0.2) is 11.4 Å². The molecule has 0 fully saturated rings. The molecule has 0 saturated heterocycles. The molecule has 2 N–H and O–H groups in total. The number of Topliss-reactive ketones (excluding diaryl/α,β-unsaturated/α-hetero) is 1. The van der Waals surface area contributed by atoms with Gasteiger partial charge in [-0.2, -0.15) is 4.68 Å². The molecule has 3 aromatic heterocycles. The highest BCUT2D eigenvalue weighted by Gasteiger charge is 2.30. The molecule has 8 nitrogen and oxygen atoms in total. The summed E-state index contributed by atoms with van der Waals surface area (Å²) >= 11 is 0. The van der Waals surface area contributed by atoms with Crippen molar-refractivity contribution in [3.63, 3.8) is 0 Å². The van der Waals surface area contributed by atoms with Crippen LogP contribution in [0.25, 0.3) is 17.0 Å². The van der Waals surface area contributed by atoms with Gasteiger partial charge in [-0.1, -0.05) is 12.1 Å². The summed E-state index contributed by atoms with van der Waals surface area (Å²) in [5.74, 6) is -0.583. The standard InChI is InChI=1S/C21H16FN5O3/c1-10-6-17(29)25-21(24-10)27-20(30)18-14-7-12(11-2-4-13(22)5-3-11)8-16(28)15(14)9-23-19(18)26-27/h2-6,9,12H,7-8H2,1H3,(H,23,26)(H,24,25,29)/t12-/m1/s1. The van der Waals surface area contributed by atoms with Crippen LogP contribution in [-0.2, 0) is 6.42 Å².